The summed E-state index contributed by atoms with van der Waals surface area (Å²) < 4.78 is 0. The summed E-state index contributed by atoms with van der Waals surface area (Å²) in [7, 11) is 0. The van der Waals surface area contributed by atoms with Crippen molar-refractivity contribution in [3.8, 4) is 0 Å². The maximum atomic E-state index is 11.5. The first kappa shape index (κ1) is 11.9. The predicted octanol–water partition coefficient (Wildman–Crippen LogP) is 0.324. The van der Waals surface area contributed by atoms with Crippen LogP contribution in [0.2, 0.25) is 0 Å². The number of nitrogens with zero attached hydrogens (tertiary/aromatic N) is 1. The van der Waals surface area contributed by atoms with Gasteiger partial charge < -0.3 is 11.1 Å². The summed E-state index contributed by atoms with van der Waals surface area (Å²) >= 11 is 0. The smallest absolute Gasteiger partial charge is 0.236 e. The highest BCUT2D eigenvalue weighted by Gasteiger charge is 2.37. The zero-order valence-electron chi connectivity index (χ0n) is 10.1. The summed E-state index contributed by atoms with van der Waals surface area (Å²) in [5, 5.41) is 3.26. The number of nitrogens with one attached hydrogen (secondary N) is 1. The molecule has 3 atom stereocenters. The van der Waals surface area contributed by atoms with Gasteiger partial charge in [0, 0.05) is 25.7 Å². The van der Waals surface area contributed by atoms with Crippen LogP contribution in [0.3, 0.4) is 0 Å². The molecule has 1 amide bonds. The van der Waals surface area contributed by atoms with Crippen molar-refractivity contribution in [1.29, 1.82) is 0 Å². The summed E-state index contributed by atoms with van der Waals surface area (Å²) in [6.45, 7) is 4.93. The topological polar surface area (TPSA) is 58.4 Å². The van der Waals surface area contributed by atoms with E-state index in [1.807, 2.05) is 0 Å². The molecule has 0 aromatic carbocycles. The Kier molecular flexibility index (Phi) is 3.82. The molecule has 2 fully saturated rings. The maximum Gasteiger partial charge on any atom is 0.236 e. The van der Waals surface area contributed by atoms with Crippen LogP contribution < -0.4 is 11.1 Å². The quantitative estimate of drug-likeness (QED) is 0.727. The van der Waals surface area contributed by atoms with E-state index in [0.717, 1.165) is 25.6 Å². The van der Waals surface area contributed by atoms with Crippen LogP contribution in [0.5, 0.6) is 0 Å². The van der Waals surface area contributed by atoms with Gasteiger partial charge in [0.05, 0.1) is 0 Å². The first-order valence-corrected chi connectivity index (χ1v) is 6.49. The predicted molar refractivity (Wildman–Crippen MR) is 64.0 cm³/mol. The minimum atomic E-state index is -0.172. The van der Waals surface area contributed by atoms with Gasteiger partial charge in [0.2, 0.25) is 5.91 Å². The van der Waals surface area contributed by atoms with Gasteiger partial charge in [-0.1, -0.05) is 19.8 Å². The highest BCUT2D eigenvalue weighted by molar-refractivity contribution is 5.80. The molecule has 4 nitrogen and oxygen atoms in total. The van der Waals surface area contributed by atoms with Gasteiger partial charge in [0.25, 0.3) is 0 Å². The molecule has 0 spiro atoms. The van der Waals surface area contributed by atoms with Crippen LogP contribution in [0.4, 0.5) is 0 Å². The largest absolute Gasteiger partial charge is 0.368 e. The van der Waals surface area contributed by atoms with Crippen molar-refractivity contribution in [2.45, 2.75) is 44.7 Å². The van der Waals surface area contributed by atoms with Crippen LogP contribution in [0.15, 0.2) is 0 Å². The Labute approximate surface area is 97.6 Å². The third-order valence-corrected chi connectivity index (χ3v) is 4.18. The molecule has 3 N–H and O–H groups in total. The SMILES string of the molecule is CCC1CCCC1N1CCNCC1C(N)=O. The molecule has 1 heterocycles. The van der Waals surface area contributed by atoms with E-state index in [0.29, 0.717) is 6.04 Å². The molecule has 3 unspecified atom stereocenters. The molecule has 0 bridgehead atoms. The van der Waals surface area contributed by atoms with Crippen LogP contribution in [0, 0.1) is 5.92 Å². The first-order valence-electron chi connectivity index (χ1n) is 6.49. The lowest BCUT2D eigenvalue weighted by molar-refractivity contribution is -0.125. The summed E-state index contributed by atoms with van der Waals surface area (Å²) in [6.07, 6.45) is 5.08. The number of hydrogen-bond donors (Lipinski definition) is 2. The first-order chi connectivity index (χ1) is 7.74. The van der Waals surface area contributed by atoms with Crippen LogP contribution >= 0.6 is 0 Å². The molecule has 0 radical (unpaired) electrons. The van der Waals surface area contributed by atoms with E-state index in [4.69, 9.17) is 5.73 Å². The molecule has 2 rings (SSSR count). The fraction of sp³-hybridized carbons (Fsp3) is 0.917. The van der Waals surface area contributed by atoms with Gasteiger partial charge in [-0.2, -0.15) is 0 Å². The van der Waals surface area contributed by atoms with Gasteiger partial charge in [-0.05, 0) is 18.8 Å². The summed E-state index contributed by atoms with van der Waals surface area (Å²) in [5.74, 6) is 0.592. The third-order valence-electron chi connectivity index (χ3n) is 4.18. The van der Waals surface area contributed by atoms with E-state index in [2.05, 4.69) is 17.1 Å². The van der Waals surface area contributed by atoms with Gasteiger partial charge in [-0.25, -0.2) is 0 Å². The van der Waals surface area contributed by atoms with E-state index in [1.54, 1.807) is 0 Å². The Balaban J connectivity index is 2.07. The number of amides is 1. The summed E-state index contributed by atoms with van der Waals surface area (Å²) in [4.78, 5) is 13.8. The van der Waals surface area contributed by atoms with Gasteiger partial charge in [0.15, 0.2) is 0 Å². The summed E-state index contributed by atoms with van der Waals surface area (Å²) in [6, 6.07) is 0.496. The van der Waals surface area contributed by atoms with Crippen molar-refractivity contribution in [2.75, 3.05) is 19.6 Å². The minimum absolute atomic E-state index is 0.0918. The molecular weight excluding hydrogens is 202 g/mol. The van der Waals surface area contributed by atoms with Crippen molar-refractivity contribution in [3.05, 3.63) is 0 Å². The van der Waals surface area contributed by atoms with E-state index in [1.165, 1.54) is 25.7 Å². The number of nitrogens with two attached hydrogens (primary N) is 1. The Hall–Kier alpha value is -0.610. The molecule has 0 aromatic rings. The van der Waals surface area contributed by atoms with Crippen LogP contribution in [0.25, 0.3) is 0 Å². The second-order valence-corrected chi connectivity index (χ2v) is 5.03. The molecular formula is C12H23N3O. The van der Waals surface area contributed by atoms with E-state index < -0.39 is 0 Å². The Morgan fingerprint density at radius 1 is 1.50 bits per heavy atom. The molecule has 0 aromatic heterocycles. The maximum absolute atomic E-state index is 11.5. The highest BCUT2D eigenvalue weighted by Crippen LogP contribution is 2.33. The molecule has 1 aliphatic heterocycles. The zero-order valence-corrected chi connectivity index (χ0v) is 10.1. The molecule has 1 saturated carbocycles. The minimum Gasteiger partial charge on any atom is -0.368 e. The fourth-order valence-corrected chi connectivity index (χ4v) is 3.31. The number of carbonyl (C=O) groups excluding carboxylic acids is 1. The molecule has 4 heteroatoms. The molecule has 1 saturated heterocycles. The van der Waals surface area contributed by atoms with Crippen molar-refractivity contribution in [1.82, 2.24) is 10.2 Å². The zero-order chi connectivity index (χ0) is 11.5. The van der Waals surface area contributed by atoms with Crippen LogP contribution in [0.1, 0.15) is 32.6 Å². The molecule has 92 valence electrons. The monoisotopic (exact) mass is 225 g/mol. The van der Waals surface area contributed by atoms with Crippen LogP contribution in [-0.4, -0.2) is 42.5 Å². The normalized spacial score (nSPS) is 36.4. The van der Waals surface area contributed by atoms with E-state index in [9.17, 15) is 4.79 Å². The summed E-state index contributed by atoms with van der Waals surface area (Å²) in [5.41, 5.74) is 5.49. The second kappa shape index (κ2) is 5.15. The number of carbonyl (C=O) groups is 1. The van der Waals surface area contributed by atoms with Crippen molar-refractivity contribution in [2.24, 2.45) is 11.7 Å². The lowest BCUT2D eigenvalue weighted by Crippen LogP contribution is -2.60. The Morgan fingerprint density at radius 3 is 3.00 bits per heavy atom. The third kappa shape index (κ3) is 2.23. The average molecular weight is 225 g/mol. The number of rotatable bonds is 3. The molecule has 16 heavy (non-hydrogen) atoms. The molecule has 1 aliphatic carbocycles. The highest BCUT2D eigenvalue weighted by atomic mass is 16.1. The van der Waals surface area contributed by atoms with Gasteiger partial charge in [-0.15, -0.1) is 0 Å². The van der Waals surface area contributed by atoms with Gasteiger partial charge >= 0.3 is 0 Å². The fourth-order valence-electron chi connectivity index (χ4n) is 3.31. The molecule has 2 aliphatic rings. The van der Waals surface area contributed by atoms with Crippen LogP contribution in [-0.2, 0) is 4.79 Å². The Bertz CT molecular complexity index is 257. The van der Waals surface area contributed by atoms with Gasteiger partial charge in [-0.3, -0.25) is 9.69 Å². The number of piperazine rings is 1. The van der Waals surface area contributed by atoms with Crippen molar-refractivity contribution < 1.29 is 4.79 Å². The standard InChI is InChI=1S/C12H23N3O/c1-2-9-4-3-5-10(9)15-7-6-14-8-11(15)12(13)16/h9-11,14H,2-8H2,1H3,(H2,13,16). The Morgan fingerprint density at radius 2 is 2.31 bits per heavy atom. The average Bonchev–Trinajstić information content (AvgIpc) is 2.76. The van der Waals surface area contributed by atoms with Crippen molar-refractivity contribution in [3.63, 3.8) is 0 Å². The van der Waals surface area contributed by atoms with Crippen molar-refractivity contribution >= 4 is 5.91 Å². The number of hydrogen-bond acceptors (Lipinski definition) is 3. The van der Waals surface area contributed by atoms with E-state index >= 15 is 0 Å². The second-order valence-electron chi connectivity index (χ2n) is 5.03. The van der Waals surface area contributed by atoms with Gasteiger partial charge in [0.1, 0.15) is 6.04 Å². The lowest BCUT2D eigenvalue weighted by Gasteiger charge is -2.40. The lowest BCUT2D eigenvalue weighted by atomic mass is 9.96. The van der Waals surface area contributed by atoms with E-state index in [-0.39, 0.29) is 11.9 Å². The number of primary amides is 1.